The van der Waals surface area contributed by atoms with Crippen molar-refractivity contribution in [1.29, 1.82) is 0 Å². The Morgan fingerprint density at radius 2 is 2.00 bits per heavy atom. The molecule has 0 atom stereocenters. The average molecular weight is 255 g/mol. The molecule has 4 heteroatoms. The summed E-state index contributed by atoms with van der Waals surface area (Å²) in [6.45, 7) is 0. The van der Waals surface area contributed by atoms with E-state index in [0.29, 0.717) is 5.82 Å². The first-order valence-corrected chi connectivity index (χ1v) is 6.65. The van der Waals surface area contributed by atoms with E-state index in [2.05, 4.69) is 15.3 Å². The van der Waals surface area contributed by atoms with Crippen molar-refractivity contribution >= 4 is 5.82 Å². The fourth-order valence-corrected chi connectivity index (χ4v) is 2.57. The van der Waals surface area contributed by atoms with Crippen LogP contribution in [0.15, 0.2) is 24.3 Å². The van der Waals surface area contributed by atoms with Crippen LogP contribution in [0.4, 0.5) is 5.82 Å². The van der Waals surface area contributed by atoms with Gasteiger partial charge in [0.1, 0.15) is 11.6 Å². The number of fused-ring (bicyclic) bond motifs is 1. The van der Waals surface area contributed by atoms with Gasteiger partial charge >= 0.3 is 0 Å². The maximum absolute atomic E-state index is 9.57. The Kier molecular flexibility index (Phi) is 3.07. The van der Waals surface area contributed by atoms with Crippen LogP contribution in [-0.2, 0) is 12.8 Å². The highest BCUT2D eigenvalue weighted by Gasteiger charge is 2.17. The SMILES string of the molecule is CNc1nc(-c2cccc(O)c2)nc2c1CCCC2. The number of nitrogens with zero attached hydrogens (tertiary/aromatic N) is 2. The van der Waals surface area contributed by atoms with E-state index >= 15 is 0 Å². The second-order valence-electron chi connectivity index (χ2n) is 4.83. The number of aromatic hydroxyl groups is 1. The molecule has 2 N–H and O–H groups in total. The zero-order chi connectivity index (χ0) is 13.2. The molecule has 1 heterocycles. The van der Waals surface area contributed by atoms with Crippen LogP contribution in [0.5, 0.6) is 5.75 Å². The molecule has 3 rings (SSSR count). The Balaban J connectivity index is 2.12. The summed E-state index contributed by atoms with van der Waals surface area (Å²) in [6.07, 6.45) is 4.45. The number of aryl methyl sites for hydroxylation is 1. The summed E-state index contributed by atoms with van der Waals surface area (Å²) in [7, 11) is 1.89. The summed E-state index contributed by atoms with van der Waals surface area (Å²) < 4.78 is 0. The molecule has 2 aromatic rings. The monoisotopic (exact) mass is 255 g/mol. The Bertz CT molecular complexity index is 593. The number of nitrogens with one attached hydrogen (secondary N) is 1. The molecule has 0 saturated carbocycles. The van der Waals surface area contributed by atoms with Crippen molar-refractivity contribution in [2.24, 2.45) is 0 Å². The van der Waals surface area contributed by atoms with Crippen LogP contribution in [0.2, 0.25) is 0 Å². The van der Waals surface area contributed by atoms with Gasteiger partial charge in [-0.05, 0) is 37.8 Å². The van der Waals surface area contributed by atoms with Gasteiger partial charge in [-0.2, -0.15) is 0 Å². The number of rotatable bonds is 2. The maximum Gasteiger partial charge on any atom is 0.161 e. The lowest BCUT2D eigenvalue weighted by Gasteiger charge is -2.18. The van der Waals surface area contributed by atoms with Crippen LogP contribution in [0.25, 0.3) is 11.4 Å². The molecule has 0 unspecified atom stereocenters. The molecule has 0 radical (unpaired) electrons. The normalized spacial score (nSPS) is 13.9. The first-order valence-electron chi connectivity index (χ1n) is 6.65. The lowest BCUT2D eigenvalue weighted by molar-refractivity contribution is 0.475. The third kappa shape index (κ3) is 2.26. The third-order valence-electron chi connectivity index (χ3n) is 3.52. The predicted octanol–water partition coefficient (Wildman–Crippen LogP) is 2.77. The van der Waals surface area contributed by atoms with Gasteiger partial charge in [0.05, 0.1) is 0 Å². The van der Waals surface area contributed by atoms with Crippen molar-refractivity contribution in [1.82, 2.24) is 9.97 Å². The van der Waals surface area contributed by atoms with Crippen LogP contribution in [0, 0.1) is 0 Å². The largest absolute Gasteiger partial charge is 0.508 e. The highest BCUT2D eigenvalue weighted by atomic mass is 16.3. The van der Waals surface area contributed by atoms with E-state index in [9.17, 15) is 5.11 Å². The van der Waals surface area contributed by atoms with Crippen LogP contribution < -0.4 is 5.32 Å². The van der Waals surface area contributed by atoms with Crippen LogP contribution in [0.3, 0.4) is 0 Å². The summed E-state index contributed by atoms with van der Waals surface area (Å²) in [6, 6.07) is 7.08. The Morgan fingerprint density at radius 3 is 2.79 bits per heavy atom. The van der Waals surface area contributed by atoms with Gasteiger partial charge in [0.2, 0.25) is 0 Å². The molecule has 0 saturated heterocycles. The Morgan fingerprint density at radius 1 is 1.16 bits per heavy atom. The fourth-order valence-electron chi connectivity index (χ4n) is 2.57. The smallest absolute Gasteiger partial charge is 0.161 e. The van der Waals surface area contributed by atoms with Gasteiger partial charge in [0.15, 0.2) is 5.82 Å². The number of phenolic OH excluding ortho intramolecular Hbond substituents is 1. The second kappa shape index (κ2) is 4.88. The number of phenols is 1. The molecular formula is C15H17N3O. The van der Waals surface area contributed by atoms with E-state index in [0.717, 1.165) is 29.9 Å². The van der Waals surface area contributed by atoms with Crippen molar-refractivity contribution in [3.63, 3.8) is 0 Å². The molecule has 0 fully saturated rings. The zero-order valence-corrected chi connectivity index (χ0v) is 11.0. The third-order valence-corrected chi connectivity index (χ3v) is 3.52. The summed E-state index contributed by atoms with van der Waals surface area (Å²) in [4.78, 5) is 9.25. The average Bonchev–Trinajstić information content (AvgIpc) is 2.46. The molecule has 0 amide bonds. The minimum Gasteiger partial charge on any atom is -0.508 e. The topological polar surface area (TPSA) is 58.0 Å². The van der Waals surface area contributed by atoms with Gasteiger partial charge in [0, 0.05) is 23.9 Å². The van der Waals surface area contributed by atoms with Gasteiger partial charge in [-0.15, -0.1) is 0 Å². The molecule has 1 aliphatic carbocycles. The minimum atomic E-state index is 0.241. The van der Waals surface area contributed by atoms with Crippen LogP contribution in [-0.4, -0.2) is 22.1 Å². The molecule has 98 valence electrons. The molecular weight excluding hydrogens is 238 g/mol. The van der Waals surface area contributed by atoms with E-state index in [4.69, 9.17) is 0 Å². The number of hydrogen-bond donors (Lipinski definition) is 2. The lowest BCUT2D eigenvalue weighted by atomic mass is 9.96. The highest BCUT2D eigenvalue weighted by molar-refractivity contribution is 5.61. The lowest BCUT2D eigenvalue weighted by Crippen LogP contribution is -2.11. The number of anilines is 1. The molecule has 1 aromatic carbocycles. The van der Waals surface area contributed by atoms with Gasteiger partial charge in [-0.1, -0.05) is 12.1 Å². The van der Waals surface area contributed by atoms with E-state index in [-0.39, 0.29) is 5.75 Å². The van der Waals surface area contributed by atoms with Crippen molar-refractivity contribution in [3.05, 3.63) is 35.5 Å². The molecule has 0 bridgehead atoms. The summed E-state index contributed by atoms with van der Waals surface area (Å²) in [5.41, 5.74) is 3.24. The standard InChI is InChI=1S/C15H17N3O/c1-16-15-12-7-2-3-8-13(12)17-14(18-15)10-5-4-6-11(19)9-10/h4-6,9,19H,2-3,7-8H2,1H3,(H,16,17,18). The van der Waals surface area contributed by atoms with Crippen molar-refractivity contribution in [3.8, 4) is 17.1 Å². The predicted molar refractivity (Wildman–Crippen MR) is 75.3 cm³/mol. The first kappa shape index (κ1) is 12.0. The van der Waals surface area contributed by atoms with Crippen LogP contribution in [0.1, 0.15) is 24.1 Å². The van der Waals surface area contributed by atoms with Crippen molar-refractivity contribution < 1.29 is 5.11 Å². The van der Waals surface area contributed by atoms with Gasteiger partial charge in [-0.3, -0.25) is 0 Å². The number of aromatic nitrogens is 2. The zero-order valence-electron chi connectivity index (χ0n) is 11.0. The number of hydrogen-bond acceptors (Lipinski definition) is 4. The molecule has 19 heavy (non-hydrogen) atoms. The van der Waals surface area contributed by atoms with E-state index < -0.39 is 0 Å². The summed E-state index contributed by atoms with van der Waals surface area (Å²) in [5, 5.41) is 12.7. The van der Waals surface area contributed by atoms with E-state index in [1.165, 1.54) is 18.4 Å². The highest BCUT2D eigenvalue weighted by Crippen LogP contribution is 2.29. The molecule has 1 aromatic heterocycles. The van der Waals surface area contributed by atoms with E-state index in [1.807, 2.05) is 19.2 Å². The first-order chi connectivity index (χ1) is 9.28. The van der Waals surface area contributed by atoms with E-state index in [1.54, 1.807) is 12.1 Å². The summed E-state index contributed by atoms with van der Waals surface area (Å²) >= 11 is 0. The second-order valence-corrected chi connectivity index (χ2v) is 4.83. The van der Waals surface area contributed by atoms with Gasteiger partial charge in [0.25, 0.3) is 0 Å². The van der Waals surface area contributed by atoms with Crippen LogP contribution >= 0.6 is 0 Å². The minimum absolute atomic E-state index is 0.241. The maximum atomic E-state index is 9.57. The molecule has 0 aliphatic heterocycles. The molecule has 0 spiro atoms. The van der Waals surface area contributed by atoms with Gasteiger partial charge < -0.3 is 10.4 Å². The Hall–Kier alpha value is -2.10. The molecule has 1 aliphatic rings. The molecule has 4 nitrogen and oxygen atoms in total. The Labute approximate surface area is 112 Å². The number of benzene rings is 1. The quantitative estimate of drug-likeness (QED) is 0.866. The van der Waals surface area contributed by atoms with Gasteiger partial charge in [-0.25, -0.2) is 9.97 Å². The summed E-state index contributed by atoms with van der Waals surface area (Å²) in [5.74, 6) is 1.84. The fraction of sp³-hybridized carbons (Fsp3) is 0.333. The van der Waals surface area contributed by atoms with Crippen molar-refractivity contribution in [2.75, 3.05) is 12.4 Å². The van der Waals surface area contributed by atoms with Crippen molar-refractivity contribution in [2.45, 2.75) is 25.7 Å².